The van der Waals surface area contributed by atoms with E-state index in [-0.39, 0.29) is 5.92 Å². The van der Waals surface area contributed by atoms with Crippen LogP contribution in [0, 0.1) is 12.8 Å². The van der Waals surface area contributed by atoms with Gasteiger partial charge in [-0.05, 0) is 38.0 Å². The van der Waals surface area contributed by atoms with Crippen LogP contribution in [0.15, 0.2) is 29.0 Å². The number of aryl methyl sites for hydroxylation is 1. The number of nitrogens with one attached hydrogen (secondary N) is 1. The molecule has 1 aliphatic heterocycles. The number of Topliss-reactive ketones (excluding diaryl/α,β-unsaturated/α-hetero) is 1. The molecule has 144 valence electrons. The molecule has 0 saturated heterocycles. The first-order valence-corrected chi connectivity index (χ1v) is 10.4. The molecule has 28 heavy (non-hydrogen) atoms. The van der Waals surface area contributed by atoms with Crippen LogP contribution in [0.3, 0.4) is 0 Å². The maximum absolute atomic E-state index is 12.1. The van der Waals surface area contributed by atoms with E-state index in [0.717, 1.165) is 45.8 Å². The van der Waals surface area contributed by atoms with Crippen molar-refractivity contribution in [3.8, 4) is 17.1 Å². The Balaban J connectivity index is 1.44. The molecule has 1 fully saturated rings. The summed E-state index contributed by atoms with van der Waals surface area (Å²) in [7, 11) is 0. The Morgan fingerprint density at radius 3 is 3.00 bits per heavy atom. The molecule has 1 aromatic carbocycles. The van der Waals surface area contributed by atoms with E-state index in [1.165, 1.54) is 6.42 Å². The minimum atomic E-state index is 0.256. The number of halogens is 1. The molecule has 0 spiro atoms. The number of rotatable bonds is 5. The SMILES string of the molecule is Cc1ncn2c1Cn1nc(CNCC(=O)C3CCC3)nc1-c1cc(Br)ccc1-2. The van der Waals surface area contributed by atoms with Crippen LogP contribution in [0.25, 0.3) is 17.1 Å². The summed E-state index contributed by atoms with van der Waals surface area (Å²) in [4.78, 5) is 21.3. The quantitative estimate of drug-likeness (QED) is 0.515. The predicted octanol–water partition coefficient (Wildman–Crippen LogP) is 3.02. The van der Waals surface area contributed by atoms with Crippen LogP contribution < -0.4 is 5.32 Å². The van der Waals surface area contributed by atoms with Gasteiger partial charge in [0.15, 0.2) is 11.6 Å². The highest BCUT2D eigenvalue weighted by Crippen LogP contribution is 2.33. The van der Waals surface area contributed by atoms with Gasteiger partial charge in [0.2, 0.25) is 0 Å². The molecule has 0 atom stereocenters. The van der Waals surface area contributed by atoms with E-state index in [4.69, 9.17) is 10.1 Å². The van der Waals surface area contributed by atoms with Crippen molar-refractivity contribution in [1.29, 1.82) is 0 Å². The van der Waals surface area contributed by atoms with Crippen molar-refractivity contribution in [2.45, 2.75) is 39.3 Å². The third-order valence-corrected chi connectivity index (χ3v) is 6.19. The summed E-state index contributed by atoms with van der Waals surface area (Å²) in [6, 6.07) is 6.17. The average Bonchev–Trinajstić information content (AvgIpc) is 3.15. The lowest BCUT2D eigenvalue weighted by molar-refractivity contribution is -0.124. The van der Waals surface area contributed by atoms with E-state index < -0.39 is 0 Å². The van der Waals surface area contributed by atoms with Gasteiger partial charge in [0.1, 0.15) is 5.78 Å². The van der Waals surface area contributed by atoms with E-state index in [9.17, 15) is 4.79 Å². The highest BCUT2D eigenvalue weighted by Gasteiger charge is 2.26. The van der Waals surface area contributed by atoms with Gasteiger partial charge in [0, 0.05) is 16.0 Å². The van der Waals surface area contributed by atoms with Gasteiger partial charge in [0.25, 0.3) is 0 Å². The topological polar surface area (TPSA) is 77.6 Å². The van der Waals surface area contributed by atoms with Crippen LogP contribution in [0.2, 0.25) is 0 Å². The number of benzene rings is 1. The summed E-state index contributed by atoms with van der Waals surface area (Å²) in [5.74, 6) is 2.10. The van der Waals surface area contributed by atoms with Crippen LogP contribution in [0.4, 0.5) is 0 Å². The second-order valence-corrected chi connectivity index (χ2v) is 8.43. The molecule has 0 radical (unpaired) electrons. The highest BCUT2D eigenvalue weighted by molar-refractivity contribution is 9.10. The summed E-state index contributed by atoms with van der Waals surface area (Å²) >= 11 is 3.57. The van der Waals surface area contributed by atoms with Crippen LogP contribution in [-0.2, 0) is 17.9 Å². The summed E-state index contributed by atoms with van der Waals surface area (Å²) in [5.41, 5.74) is 4.15. The molecule has 1 saturated carbocycles. The van der Waals surface area contributed by atoms with Crippen LogP contribution in [0.5, 0.6) is 0 Å². The largest absolute Gasteiger partial charge is 0.303 e. The van der Waals surface area contributed by atoms with Crippen LogP contribution in [0.1, 0.15) is 36.5 Å². The molecule has 0 unspecified atom stereocenters. The molecule has 2 aromatic heterocycles. The summed E-state index contributed by atoms with van der Waals surface area (Å²) < 4.78 is 5.04. The molecule has 8 heteroatoms. The Labute approximate surface area is 171 Å². The van der Waals surface area contributed by atoms with Crippen molar-refractivity contribution in [1.82, 2.24) is 29.6 Å². The fourth-order valence-electron chi connectivity index (χ4n) is 3.85. The van der Waals surface area contributed by atoms with E-state index in [0.29, 0.717) is 31.2 Å². The van der Waals surface area contributed by atoms with Gasteiger partial charge in [-0.2, -0.15) is 5.10 Å². The molecule has 3 heterocycles. The minimum Gasteiger partial charge on any atom is -0.303 e. The third kappa shape index (κ3) is 3.00. The summed E-state index contributed by atoms with van der Waals surface area (Å²) in [6.45, 7) is 3.50. The molecular formula is C20H21BrN6O. The predicted molar refractivity (Wildman–Crippen MR) is 108 cm³/mol. The van der Waals surface area contributed by atoms with Gasteiger partial charge >= 0.3 is 0 Å². The Hall–Kier alpha value is -2.32. The number of imidazole rings is 1. The monoisotopic (exact) mass is 440 g/mol. The Morgan fingerprint density at radius 1 is 1.36 bits per heavy atom. The van der Waals surface area contributed by atoms with Crippen molar-refractivity contribution < 1.29 is 4.79 Å². The van der Waals surface area contributed by atoms with Crippen LogP contribution in [-0.4, -0.2) is 36.6 Å². The first kappa shape index (κ1) is 17.8. The lowest BCUT2D eigenvalue weighted by Gasteiger charge is -2.23. The highest BCUT2D eigenvalue weighted by atomic mass is 79.9. The van der Waals surface area contributed by atoms with Gasteiger partial charge in [0.05, 0.1) is 43.0 Å². The normalized spacial score (nSPS) is 15.4. The molecule has 1 N–H and O–H groups in total. The van der Waals surface area contributed by atoms with E-state index >= 15 is 0 Å². The number of carbonyl (C=O) groups is 1. The molecule has 0 bridgehead atoms. The van der Waals surface area contributed by atoms with Gasteiger partial charge in [-0.1, -0.05) is 22.4 Å². The lowest BCUT2D eigenvalue weighted by atomic mass is 9.82. The Kier molecular flexibility index (Phi) is 4.40. The molecule has 1 aliphatic carbocycles. The van der Waals surface area contributed by atoms with E-state index in [2.05, 4.69) is 42.9 Å². The first-order chi connectivity index (χ1) is 13.6. The minimum absolute atomic E-state index is 0.256. The van der Waals surface area contributed by atoms with Crippen LogP contribution >= 0.6 is 15.9 Å². The fraction of sp³-hybridized carbons (Fsp3) is 0.400. The zero-order valence-electron chi connectivity index (χ0n) is 15.7. The van der Waals surface area contributed by atoms with E-state index in [1.807, 2.05) is 24.0 Å². The second kappa shape index (κ2) is 6.93. The standard InChI is InChI=1S/C20H21BrN6O/c1-12-17-10-27-20(15-7-14(21)5-6-16(15)26(17)11-23-12)24-19(25-27)9-22-8-18(28)13-3-2-4-13/h5-7,11,13,22H,2-4,8-10H2,1H3. The first-order valence-electron chi connectivity index (χ1n) is 9.60. The van der Waals surface area contributed by atoms with Gasteiger partial charge in [-0.3, -0.25) is 4.79 Å². The van der Waals surface area contributed by atoms with Crippen molar-refractivity contribution >= 4 is 21.7 Å². The number of hydrogen-bond donors (Lipinski definition) is 1. The van der Waals surface area contributed by atoms with Crippen molar-refractivity contribution in [2.24, 2.45) is 5.92 Å². The number of aromatic nitrogens is 5. The van der Waals surface area contributed by atoms with Gasteiger partial charge in [-0.25, -0.2) is 14.6 Å². The molecule has 5 rings (SSSR count). The van der Waals surface area contributed by atoms with Gasteiger partial charge in [-0.15, -0.1) is 0 Å². The second-order valence-electron chi connectivity index (χ2n) is 7.52. The molecular weight excluding hydrogens is 420 g/mol. The maximum atomic E-state index is 12.1. The molecule has 7 nitrogen and oxygen atoms in total. The molecule has 2 aliphatic rings. The number of nitrogens with zero attached hydrogens (tertiary/aromatic N) is 5. The lowest BCUT2D eigenvalue weighted by Crippen LogP contribution is -2.31. The van der Waals surface area contributed by atoms with Crippen molar-refractivity contribution in [3.05, 3.63) is 46.2 Å². The Morgan fingerprint density at radius 2 is 2.21 bits per heavy atom. The number of ketones is 1. The molecule has 0 amide bonds. The fourth-order valence-corrected chi connectivity index (χ4v) is 4.21. The number of carbonyl (C=O) groups excluding carboxylic acids is 1. The van der Waals surface area contributed by atoms with Crippen molar-refractivity contribution in [3.63, 3.8) is 0 Å². The summed E-state index contributed by atoms with van der Waals surface area (Å²) in [5, 5.41) is 7.93. The number of hydrogen-bond acceptors (Lipinski definition) is 5. The zero-order valence-corrected chi connectivity index (χ0v) is 17.2. The zero-order chi connectivity index (χ0) is 19.3. The number of fused-ring (bicyclic) bond motifs is 5. The third-order valence-electron chi connectivity index (χ3n) is 5.69. The van der Waals surface area contributed by atoms with E-state index in [1.54, 1.807) is 0 Å². The Bertz CT molecular complexity index is 1060. The van der Waals surface area contributed by atoms with Crippen molar-refractivity contribution in [2.75, 3.05) is 6.54 Å². The molecule has 3 aromatic rings. The maximum Gasteiger partial charge on any atom is 0.165 e. The summed E-state index contributed by atoms with van der Waals surface area (Å²) in [6.07, 6.45) is 5.11. The van der Waals surface area contributed by atoms with Gasteiger partial charge < -0.3 is 9.88 Å². The average molecular weight is 441 g/mol. The smallest absolute Gasteiger partial charge is 0.165 e.